The number of nitrogen functional groups attached to an aromatic ring is 1. The SMILES string of the molecule is CCCN(Cc1c(F)cccc1Cl)c1cccc(N)c1. The van der Waals surface area contributed by atoms with E-state index < -0.39 is 0 Å². The van der Waals surface area contributed by atoms with E-state index in [0.29, 0.717) is 22.8 Å². The summed E-state index contributed by atoms with van der Waals surface area (Å²) in [4.78, 5) is 2.08. The van der Waals surface area contributed by atoms with Crippen molar-refractivity contribution >= 4 is 23.0 Å². The molecule has 4 heteroatoms. The lowest BCUT2D eigenvalue weighted by Crippen LogP contribution is -2.24. The molecule has 0 bridgehead atoms. The highest BCUT2D eigenvalue weighted by molar-refractivity contribution is 6.31. The van der Waals surface area contributed by atoms with Gasteiger partial charge in [0.15, 0.2) is 0 Å². The summed E-state index contributed by atoms with van der Waals surface area (Å²) in [6.45, 7) is 3.33. The molecule has 0 radical (unpaired) electrons. The fourth-order valence-corrected chi connectivity index (χ4v) is 2.39. The van der Waals surface area contributed by atoms with Gasteiger partial charge in [-0.15, -0.1) is 0 Å². The average Bonchev–Trinajstić information content (AvgIpc) is 2.42. The maximum atomic E-state index is 13.9. The van der Waals surface area contributed by atoms with Crippen LogP contribution in [0.4, 0.5) is 15.8 Å². The summed E-state index contributed by atoms with van der Waals surface area (Å²) < 4.78 is 13.9. The lowest BCUT2D eigenvalue weighted by Gasteiger charge is -2.25. The van der Waals surface area contributed by atoms with Crippen LogP contribution in [0, 0.1) is 5.82 Å². The van der Waals surface area contributed by atoms with Crippen molar-refractivity contribution in [1.82, 2.24) is 0 Å². The van der Waals surface area contributed by atoms with Crippen LogP contribution in [0.5, 0.6) is 0 Å². The summed E-state index contributed by atoms with van der Waals surface area (Å²) in [7, 11) is 0. The zero-order valence-corrected chi connectivity index (χ0v) is 12.2. The number of hydrogen-bond donors (Lipinski definition) is 1. The highest BCUT2D eigenvalue weighted by Crippen LogP contribution is 2.25. The molecule has 2 aromatic carbocycles. The maximum Gasteiger partial charge on any atom is 0.129 e. The molecule has 2 aromatic rings. The van der Waals surface area contributed by atoms with Gasteiger partial charge in [-0.2, -0.15) is 0 Å². The normalized spacial score (nSPS) is 10.6. The van der Waals surface area contributed by atoms with Crippen LogP contribution in [0.15, 0.2) is 42.5 Å². The minimum absolute atomic E-state index is 0.275. The second kappa shape index (κ2) is 6.62. The van der Waals surface area contributed by atoms with E-state index in [1.54, 1.807) is 12.1 Å². The molecule has 0 aliphatic rings. The minimum atomic E-state index is -0.275. The first-order valence-corrected chi connectivity index (χ1v) is 7.03. The highest BCUT2D eigenvalue weighted by Gasteiger charge is 2.13. The monoisotopic (exact) mass is 292 g/mol. The van der Waals surface area contributed by atoms with Gasteiger partial charge >= 0.3 is 0 Å². The number of halogens is 2. The first-order chi connectivity index (χ1) is 9.61. The summed E-state index contributed by atoms with van der Waals surface area (Å²) in [6.07, 6.45) is 0.959. The highest BCUT2D eigenvalue weighted by atomic mass is 35.5. The molecule has 0 saturated heterocycles. The molecule has 0 aromatic heterocycles. The van der Waals surface area contributed by atoms with Crippen LogP contribution >= 0.6 is 11.6 Å². The van der Waals surface area contributed by atoms with Crippen molar-refractivity contribution in [3.8, 4) is 0 Å². The zero-order valence-electron chi connectivity index (χ0n) is 11.4. The molecule has 0 aliphatic carbocycles. The number of nitrogens with zero attached hydrogens (tertiary/aromatic N) is 1. The molecule has 20 heavy (non-hydrogen) atoms. The molecule has 0 aliphatic heterocycles. The first kappa shape index (κ1) is 14.7. The van der Waals surface area contributed by atoms with E-state index >= 15 is 0 Å². The number of nitrogens with two attached hydrogens (primary N) is 1. The molecule has 0 spiro atoms. The second-order valence-corrected chi connectivity index (χ2v) is 5.12. The van der Waals surface area contributed by atoms with Crippen LogP contribution in [0.1, 0.15) is 18.9 Å². The van der Waals surface area contributed by atoms with E-state index in [9.17, 15) is 4.39 Å². The van der Waals surface area contributed by atoms with Crippen molar-refractivity contribution in [2.75, 3.05) is 17.2 Å². The molecule has 2 N–H and O–H groups in total. The second-order valence-electron chi connectivity index (χ2n) is 4.72. The molecule has 2 nitrogen and oxygen atoms in total. The van der Waals surface area contributed by atoms with E-state index in [4.69, 9.17) is 17.3 Å². The summed E-state index contributed by atoms with van der Waals surface area (Å²) in [5, 5.41) is 0.454. The summed E-state index contributed by atoms with van der Waals surface area (Å²) in [6, 6.07) is 12.4. The number of anilines is 2. The van der Waals surface area contributed by atoms with E-state index in [-0.39, 0.29) is 5.82 Å². The van der Waals surface area contributed by atoms with E-state index in [2.05, 4.69) is 11.8 Å². The third kappa shape index (κ3) is 3.42. The molecular formula is C16H18ClFN2. The number of rotatable bonds is 5. The molecule has 106 valence electrons. The lowest BCUT2D eigenvalue weighted by atomic mass is 10.1. The van der Waals surface area contributed by atoms with Gasteiger partial charge in [-0.3, -0.25) is 0 Å². The van der Waals surface area contributed by atoms with Gasteiger partial charge < -0.3 is 10.6 Å². The van der Waals surface area contributed by atoms with E-state index in [0.717, 1.165) is 18.7 Å². The molecule has 0 unspecified atom stereocenters. The minimum Gasteiger partial charge on any atom is -0.399 e. The molecule has 2 rings (SSSR count). The Hall–Kier alpha value is -1.74. The zero-order chi connectivity index (χ0) is 14.5. The number of benzene rings is 2. The third-order valence-corrected chi connectivity index (χ3v) is 3.49. The Bertz CT molecular complexity index is 566. The van der Waals surface area contributed by atoms with Gasteiger partial charge in [0.2, 0.25) is 0 Å². The fourth-order valence-electron chi connectivity index (χ4n) is 2.17. The predicted molar refractivity (Wildman–Crippen MR) is 83.6 cm³/mol. The lowest BCUT2D eigenvalue weighted by molar-refractivity contribution is 0.603. The van der Waals surface area contributed by atoms with E-state index in [1.165, 1.54) is 6.07 Å². The smallest absolute Gasteiger partial charge is 0.129 e. The maximum absolute atomic E-state index is 13.9. The Morgan fingerprint density at radius 3 is 2.60 bits per heavy atom. The summed E-state index contributed by atoms with van der Waals surface area (Å²) in [5.74, 6) is -0.275. The topological polar surface area (TPSA) is 29.3 Å². The molecule has 0 saturated carbocycles. The van der Waals surface area contributed by atoms with Crippen molar-refractivity contribution in [3.63, 3.8) is 0 Å². The molecular weight excluding hydrogens is 275 g/mol. The van der Waals surface area contributed by atoms with Crippen LogP contribution in [0.25, 0.3) is 0 Å². The van der Waals surface area contributed by atoms with Gasteiger partial charge in [0.25, 0.3) is 0 Å². The van der Waals surface area contributed by atoms with E-state index in [1.807, 2.05) is 24.3 Å². The van der Waals surface area contributed by atoms with Crippen LogP contribution < -0.4 is 10.6 Å². The largest absolute Gasteiger partial charge is 0.399 e. The Morgan fingerprint density at radius 1 is 1.20 bits per heavy atom. The summed E-state index contributed by atoms with van der Waals surface area (Å²) in [5.41, 5.74) is 8.01. The first-order valence-electron chi connectivity index (χ1n) is 6.65. The van der Waals surface area contributed by atoms with Crippen molar-refractivity contribution in [1.29, 1.82) is 0 Å². The number of hydrogen-bond acceptors (Lipinski definition) is 2. The van der Waals surface area contributed by atoms with Crippen molar-refractivity contribution in [3.05, 3.63) is 58.9 Å². The van der Waals surface area contributed by atoms with Crippen LogP contribution in [0.2, 0.25) is 5.02 Å². The Balaban J connectivity index is 2.30. The quantitative estimate of drug-likeness (QED) is 0.823. The Labute approximate surface area is 124 Å². The molecule has 0 heterocycles. The van der Waals surface area contributed by atoms with Gasteiger partial charge in [0, 0.05) is 35.1 Å². The van der Waals surface area contributed by atoms with Gasteiger partial charge in [0.1, 0.15) is 5.82 Å². The van der Waals surface area contributed by atoms with Gasteiger partial charge in [0.05, 0.1) is 0 Å². The van der Waals surface area contributed by atoms with Gasteiger partial charge in [-0.05, 0) is 36.8 Å². The Kier molecular flexibility index (Phi) is 4.85. The fraction of sp³-hybridized carbons (Fsp3) is 0.250. The van der Waals surface area contributed by atoms with Crippen LogP contribution in [-0.2, 0) is 6.54 Å². The summed E-state index contributed by atoms with van der Waals surface area (Å²) >= 11 is 6.10. The molecule has 0 atom stereocenters. The van der Waals surface area contributed by atoms with Crippen LogP contribution in [-0.4, -0.2) is 6.54 Å². The van der Waals surface area contributed by atoms with Crippen molar-refractivity contribution in [2.45, 2.75) is 19.9 Å². The average molecular weight is 293 g/mol. The third-order valence-electron chi connectivity index (χ3n) is 3.14. The van der Waals surface area contributed by atoms with Gasteiger partial charge in [-0.1, -0.05) is 30.7 Å². The van der Waals surface area contributed by atoms with Crippen molar-refractivity contribution in [2.24, 2.45) is 0 Å². The molecule has 0 amide bonds. The Morgan fingerprint density at radius 2 is 1.95 bits per heavy atom. The van der Waals surface area contributed by atoms with Crippen molar-refractivity contribution < 1.29 is 4.39 Å². The van der Waals surface area contributed by atoms with Crippen LogP contribution in [0.3, 0.4) is 0 Å². The molecule has 0 fully saturated rings. The standard InChI is InChI=1S/C16H18ClFN2/c1-2-9-20(13-6-3-5-12(19)10-13)11-14-15(17)7-4-8-16(14)18/h3-8,10H,2,9,11,19H2,1H3. The van der Waals surface area contributed by atoms with Gasteiger partial charge in [-0.25, -0.2) is 4.39 Å². The predicted octanol–water partition coefficient (Wildman–Crippen LogP) is 4.48.